The highest BCUT2D eigenvalue weighted by Gasteiger charge is 2.41. The number of para-hydroxylation sites is 1. The lowest BCUT2D eigenvalue weighted by Gasteiger charge is -2.13. The van der Waals surface area contributed by atoms with Crippen LogP contribution in [0.25, 0.3) is 10.6 Å². The summed E-state index contributed by atoms with van der Waals surface area (Å²) in [5, 5.41) is 2.46. The lowest BCUT2D eigenvalue weighted by molar-refractivity contribution is 0.0864. The van der Waals surface area contributed by atoms with Gasteiger partial charge in [-0.1, -0.05) is 24.3 Å². The highest BCUT2D eigenvalue weighted by Crippen LogP contribution is 2.34. The lowest BCUT2D eigenvalue weighted by atomic mass is 10.2. The molecule has 0 unspecified atom stereocenters. The predicted molar refractivity (Wildman–Crippen MR) is 97.6 cm³/mol. The van der Waals surface area contributed by atoms with E-state index in [4.69, 9.17) is 4.74 Å². The molecule has 3 aromatic rings. The molecule has 4 rings (SSSR count). The Kier molecular flexibility index (Phi) is 4.01. The second-order valence-electron chi connectivity index (χ2n) is 5.66. The summed E-state index contributed by atoms with van der Waals surface area (Å²) in [6, 6.07) is 13.7. The number of benzene rings is 2. The molecule has 8 heteroatoms. The van der Waals surface area contributed by atoms with Crippen molar-refractivity contribution in [2.45, 2.75) is 11.4 Å². The third kappa shape index (κ3) is 2.58. The third-order valence-corrected chi connectivity index (χ3v) is 6.82. The molecule has 26 heavy (non-hydrogen) atoms. The van der Waals surface area contributed by atoms with Gasteiger partial charge in [0.2, 0.25) is 0 Å². The van der Waals surface area contributed by atoms with E-state index >= 15 is 0 Å². The van der Waals surface area contributed by atoms with E-state index in [1.807, 2.05) is 24.3 Å². The molecule has 0 bridgehead atoms. The second-order valence-corrected chi connectivity index (χ2v) is 8.35. The predicted octanol–water partition coefficient (Wildman–Crippen LogP) is 3.16. The first-order valence-electron chi connectivity index (χ1n) is 7.76. The van der Waals surface area contributed by atoms with Crippen molar-refractivity contribution in [2.24, 2.45) is 0 Å². The molecule has 0 fully saturated rings. The zero-order valence-electron chi connectivity index (χ0n) is 13.7. The monoisotopic (exact) mass is 386 g/mol. The molecule has 1 aromatic heterocycles. The average Bonchev–Trinajstić information content (AvgIpc) is 3.20. The number of hydrogen-bond donors (Lipinski definition) is 0. The van der Waals surface area contributed by atoms with Crippen molar-refractivity contribution >= 4 is 27.3 Å². The van der Waals surface area contributed by atoms with Gasteiger partial charge < -0.3 is 4.74 Å². The summed E-state index contributed by atoms with van der Waals surface area (Å²) in [7, 11) is -2.25. The Bertz CT molecular complexity index is 1110. The summed E-state index contributed by atoms with van der Waals surface area (Å²) in [6.45, 7) is -0.0957. The number of hydrogen-bond acceptors (Lipinski definition) is 6. The van der Waals surface area contributed by atoms with Gasteiger partial charge in [-0.25, -0.2) is 17.7 Å². The Labute approximate surface area is 154 Å². The van der Waals surface area contributed by atoms with E-state index in [0.29, 0.717) is 16.5 Å². The number of carbonyl (C=O) groups is 1. The number of fused-ring (bicyclic) bond motifs is 1. The molecule has 0 spiro atoms. The molecule has 0 saturated heterocycles. The Morgan fingerprint density at radius 1 is 1.08 bits per heavy atom. The van der Waals surface area contributed by atoms with Crippen LogP contribution in [0.1, 0.15) is 16.1 Å². The molecule has 0 aliphatic carbocycles. The van der Waals surface area contributed by atoms with Crippen LogP contribution in [0.5, 0.6) is 5.75 Å². The van der Waals surface area contributed by atoms with Crippen molar-refractivity contribution in [3.05, 3.63) is 65.2 Å². The highest BCUT2D eigenvalue weighted by molar-refractivity contribution is 7.90. The zero-order chi connectivity index (χ0) is 18.3. The van der Waals surface area contributed by atoms with E-state index in [9.17, 15) is 13.2 Å². The van der Waals surface area contributed by atoms with Gasteiger partial charge in [-0.15, -0.1) is 11.3 Å². The molecule has 1 aliphatic heterocycles. The van der Waals surface area contributed by atoms with Crippen LogP contribution < -0.4 is 4.74 Å². The van der Waals surface area contributed by atoms with Crippen molar-refractivity contribution in [3.63, 3.8) is 0 Å². The van der Waals surface area contributed by atoms with Gasteiger partial charge in [0.15, 0.2) is 0 Å². The molecule has 0 radical (unpaired) electrons. The normalized spacial score (nSPS) is 15.1. The Balaban J connectivity index is 1.66. The van der Waals surface area contributed by atoms with Gasteiger partial charge in [0.1, 0.15) is 15.7 Å². The summed E-state index contributed by atoms with van der Waals surface area (Å²) in [5.41, 5.74) is 1.54. The third-order valence-electron chi connectivity index (χ3n) is 4.11. The molecule has 1 amide bonds. The largest absolute Gasteiger partial charge is 0.496 e. The van der Waals surface area contributed by atoms with Gasteiger partial charge in [0.25, 0.3) is 15.9 Å². The fraction of sp³-hybridized carbons (Fsp3) is 0.111. The molecular weight excluding hydrogens is 372 g/mol. The summed E-state index contributed by atoms with van der Waals surface area (Å²) in [4.78, 5) is 17.0. The first-order chi connectivity index (χ1) is 12.5. The fourth-order valence-corrected chi connectivity index (χ4v) is 5.24. The van der Waals surface area contributed by atoms with Crippen LogP contribution in [0, 0.1) is 0 Å². The molecule has 2 heterocycles. The minimum atomic E-state index is -3.84. The molecule has 0 saturated carbocycles. The van der Waals surface area contributed by atoms with Crippen molar-refractivity contribution in [2.75, 3.05) is 7.11 Å². The van der Waals surface area contributed by atoms with E-state index in [-0.39, 0.29) is 17.0 Å². The summed E-state index contributed by atoms with van der Waals surface area (Å²) >= 11 is 1.38. The zero-order valence-corrected chi connectivity index (χ0v) is 15.4. The Morgan fingerprint density at radius 2 is 1.77 bits per heavy atom. The summed E-state index contributed by atoms with van der Waals surface area (Å²) in [5.74, 6) is 0.165. The summed E-state index contributed by atoms with van der Waals surface area (Å²) in [6.07, 6.45) is 0. The molecule has 0 N–H and O–H groups in total. The van der Waals surface area contributed by atoms with Gasteiger partial charge in [0, 0.05) is 5.38 Å². The molecule has 1 aliphatic rings. The first kappa shape index (κ1) is 16.7. The highest BCUT2D eigenvalue weighted by atomic mass is 32.2. The van der Waals surface area contributed by atoms with Crippen LogP contribution in [0.2, 0.25) is 0 Å². The van der Waals surface area contributed by atoms with Gasteiger partial charge in [-0.2, -0.15) is 0 Å². The van der Waals surface area contributed by atoms with Crippen LogP contribution in [0.15, 0.2) is 58.8 Å². The average molecular weight is 386 g/mol. The number of ether oxygens (including phenoxy) is 1. The maximum Gasteiger partial charge on any atom is 0.269 e. The second kappa shape index (κ2) is 6.22. The van der Waals surface area contributed by atoms with E-state index in [1.54, 1.807) is 24.6 Å². The lowest BCUT2D eigenvalue weighted by Crippen LogP contribution is -2.29. The maximum absolute atomic E-state index is 12.6. The number of amides is 1. The molecule has 6 nitrogen and oxygen atoms in total. The SMILES string of the molecule is COc1ccccc1-c1nc(CN2C(=O)c3ccccc3S2(=O)=O)cs1. The van der Waals surface area contributed by atoms with Gasteiger partial charge in [0.05, 0.1) is 30.5 Å². The molecular formula is C18H14N2O4S2. The van der Waals surface area contributed by atoms with Gasteiger partial charge >= 0.3 is 0 Å². The molecule has 0 atom stereocenters. The fourth-order valence-electron chi connectivity index (χ4n) is 2.86. The van der Waals surface area contributed by atoms with Crippen LogP contribution in [-0.2, 0) is 16.6 Å². The molecule has 2 aromatic carbocycles. The Hall–Kier alpha value is -2.71. The van der Waals surface area contributed by atoms with Crippen LogP contribution >= 0.6 is 11.3 Å². The maximum atomic E-state index is 12.6. The minimum Gasteiger partial charge on any atom is -0.496 e. The van der Waals surface area contributed by atoms with Crippen LogP contribution in [-0.4, -0.2) is 30.7 Å². The number of methoxy groups -OCH3 is 1. The minimum absolute atomic E-state index is 0.0465. The van der Waals surface area contributed by atoms with Crippen molar-refractivity contribution < 1.29 is 17.9 Å². The topological polar surface area (TPSA) is 76.6 Å². The van der Waals surface area contributed by atoms with Gasteiger partial charge in [-0.3, -0.25) is 4.79 Å². The standard InChI is InChI=1S/C18H14N2O4S2/c1-24-15-8-4-2-6-13(15)17-19-12(11-25-17)10-20-18(21)14-7-3-5-9-16(14)26(20,22)23/h2-9,11H,10H2,1H3. The Morgan fingerprint density at radius 3 is 2.50 bits per heavy atom. The smallest absolute Gasteiger partial charge is 0.269 e. The van der Waals surface area contributed by atoms with E-state index < -0.39 is 15.9 Å². The van der Waals surface area contributed by atoms with E-state index in [1.165, 1.54) is 23.5 Å². The quantitative estimate of drug-likeness (QED) is 0.688. The number of carbonyl (C=O) groups excluding carboxylic acids is 1. The number of rotatable bonds is 4. The summed E-state index contributed by atoms with van der Waals surface area (Å²) < 4.78 is 31.5. The van der Waals surface area contributed by atoms with E-state index in [0.717, 1.165) is 9.87 Å². The van der Waals surface area contributed by atoms with Crippen molar-refractivity contribution in [1.29, 1.82) is 0 Å². The number of thiazole rings is 1. The van der Waals surface area contributed by atoms with Crippen LogP contribution in [0.4, 0.5) is 0 Å². The first-order valence-corrected chi connectivity index (χ1v) is 10.1. The van der Waals surface area contributed by atoms with Crippen LogP contribution in [0.3, 0.4) is 0 Å². The van der Waals surface area contributed by atoms with E-state index in [2.05, 4.69) is 4.98 Å². The van der Waals surface area contributed by atoms with Crippen molar-refractivity contribution in [1.82, 2.24) is 9.29 Å². The number of nitrogens with zero attached hydrogens (tertiary/aromatic N) is 2. The van der Waals surface area contributed by atoms with Gasteiger partial charge in [-0.05, 0) is 24.3 Å². The number of aromatic nitrogens is 1. The number of sulfonamides is 1. The molecule has 132 valence electrons. The van der Waals surface area contributed by atoms with Crippen molar-refractivity contribution in [3.8, 4) is 16.3 Å².